The summed E-state index contributed by atoms with van der Waals surface area (Å²) in [6, 6.07) is 5.96. The monoisotopic (exact) mass is 320 g/mol. The van der Waals surface area contributed by atoms with Crippen molar-refractivity contribution < 1.29 is 19.4 Å². The first kappa shape index (κ1) is 19.0. The van der Waals surface area contributed by atoms with Crippen LogP contribution in [0.2, 0.25) is 0 Å². The fourth-order valence-corrected chi connectivity index (χ4v) is 2.07. The number of hydrogen-bond acceptors (Lipinski definition) is 4. The molecule has 1 amide bonds. The highest BCUT2D eigenvalue weighted by Crippen LogP contribution is 2.35. The lowest BCUT2D eigenvalue weighted by Crippen LogP contribution is -2.39. The number of aliphatic carboxylic acids is 1. The van der Waals surface area contributed by atoms with Gasteiger partial charge in [-0.15, -0.1) is 0 Å². The molecule has 0 aromatic heterocycles. The number of benzene rings is 1. The Labute approximate surface area is 138 Å². The Balaban J connectivity index is 2.94. The maximum Gasteiger partial charge on any atom is 0.258 e. The van der Waals surface area contributed by atoms with Gasteiger partial charge in [0.1, 0.15) is 5.75 Å². The Morgan fingerprint density at radius 3 is 2.17 bits per heavy atom. The predicted octanol–water partition coefficient (Wildman–Crippen LogP) is 1.53. The van der Waals surface area contributed by atoms with Gasteiger partial charge in [-0.25, -0.2) is 0 Å². The van der Waals surface area contributed by atoms with E-state index < -0.39 is 18.4 Å². The van der Waals surface area contributed by atoms with Crippen molar-refractivity contribution in [3.05, 3.63) is 29.3 Å². The summed E-state index contributed by atoms with van der Waals surface area (Å²) in [4.78, 5) is 21.9. The first-order valence-corrected chi connectivity index (χ1v) is 7.65. The summed E-state index contributed by atoms with van der Waals surface area (Å²) in [5, 5.41) is 12.5. The quantitative estimate of drug-likeness (QED) is 0.892. The Hall–Kier alpha value is -2.04. The number of carbonyl (C=O) groups excluding carboxylic acids is 2. The van der Waals surface area contributed by atoms with Crippen LogP contribution in [-0.2, 0) is 20.4 Å². The van der Waals surface area contributed by atoms with E-state index in [4.69, 9.17) is 4.74 Å². The van der Waals surface area contributed by atoms with Crippen LogP contribution in [-0.4, -0.2) is 25.0 Å². The molecule has 1 aromatic rings. The van der Waals surface area contributed by atoms with Gasteiger partial charge in [0.2, 0.25) is 0 Å². The first-order chi connectivity index (χ1) is 10.4. The summed E-state index contributed by atoms with van der Waals surface area (Å²) in [7, 11) is 0. The van der Waals surface area contributed by atoms with Crippen LogP contribution in [0, 0.1) is 0 Å². The molecule has 0 aliphatic carbocycles. The van der Waals surface area contributed by atoms with Gasteiger partial charge in [-0.2, -0.15) is 0 Å². The molecular formula is C18H26NO4-. The molecule has 1 aromatic carbocycles. The number of ether oxygens (including phenoxy) is 1. The van der Waals surface area contributed by atoms with Crippen LogP contribution in [0.1, 0.15) is 52.7 Å². The van der Waals surface area contributed by atoms with E-state index in [1.165, 1.54) is 5.56 Å². The number of hydrogen-bond donors (Lipinski definition) is 1. The van der Waals surface area contributed by atoms with Gasteiger partial charge in [-0.3, -0.25) is 4.79 Å². The van der Waals surface area contributed by atoms with Gasteiger partial charge < -0.3 is 20.0 Å². The van der Waals surface area contributed by atoms with Crippen molar-refractivity contribution in [2.75, 3.05) is 13.2 Å². The molecule has 0 bridgehead atoms. The SMILES string of the molecule is CC(C)(C)c1ccc(OCC(=O)NCC(=O)[O-])c(C(C)(C)C)c1. The molecule has 0 aliphatic rings. The highest BCUT2D eigenvalue weighted by molar-refractivity contribution is 5.81. The molecule has 0 atom stereocenters. The number of rotatable bonds is 5. The van der Waals surface area contributed by atoms with Gasteiger partial charge in [0.05, 0.1) is 12.5 Å². The fraction of sp³-hybridized carbons (Fsp3) is 0.556. The lowest BCUT2D eigenvalue weighted by molar-refractivity contribution is -0.304. The highest BCUT2D eigenvalue weighted by atomic mass is 16.5. The van der Waals surface area contributed by atoms with Crippen molar-refractivity contribution >= 4 is 11.9 Å². The zero-order chi connectivity index (χ0) is 17.8. The second-order valence-electron chi connectivity index (χ2n) is 7.65. The van der Waals surface area contributed by atoms with Crippen molar-refractivity contribution in [3.8, 4) is 5.75 Å². The van der Waals surface area contributed by atoms with Crippen molar-refractivity contribution in [2.45, 2.75) is 52.4 Å². The maximum atomic E-state index is 11.6. The molecule has 0 unspecified atom stereocenters. The van der Waals surface area contributed by atoms with Crippen molar-refractivity contribution in [1.82, 2.24) is 5.32 Å². The Morgan fingerprint density at radius 2 is 1.70 bits per heavy atom. The van der Waals surface area contributed by atoms with Crippen molar-refractivity contribution in [2.24, 2.45) is 0 Å². The van der Waals surface area contributed by atoms with Gasteiger partial charge in [0, 0.05) is 0 Å². The largest absolute Gasteiger partial charge is 0.548 e. The lowest BCUT2D eigenvalue weighted by atomic mass is 9.80. The van der Waals surface area contributed by atoms with Crippen LogP contribution >= 0.6 is 0 Å². The third-order valence-corrected chi connectivity index (χ3v) is 3.44. The van der Waals surface area contributed by atoms with Crippen LogP contribution in [0.5, 0.6) is 5.75 Å². The molecule has 5 heteroatoms. The third kappa shape index (κ3) is 5.93. The number of nitrogens with one attached hydrogen (secondary N) is 1. The number of carbonyl (C=O) groups is 2. The summed E-state index contributed by atoms with van der Waals surface area (Å²) in [6.45, 7) is 11.9. The van der Waals surface area contributed by atoms with E-state index in [0.29, 0.717) is 5.75 Å². The Kier molecular flexibility index (Phi) is 5.81. The third-order valence-electron chi connectivity index (χ3n) is 3.44. The number of amides is 1. The average Bonchev–Trinajstić information content (AvgIpc) is 2.40. The van der Waals surface area contributed by atoms with Crippen LogP contribution in [0.15, 0.2) is 18.2 Å². The molecule has 0 radical (unpaired) electrons. The minimum absolute atomic E-state index is 0.0182. The summed E-state index contributed by atoms with van der Waals surface area (Å²) in [6.07, 6.45) is 0. The standard InChI is InChI=1S/C18H27NO4/c1-17(2,3)12-7-8-14(13(9-12)18(4,5)6)23-11-15(20)19-10-16(21)22/h7-9H,10-11H2,1-6H3,(H,19,20)(H,21,22)/p-1. The van der Waals surface area contributed by atoms with Gasteiger partial charge in [0.15, 0.2) is 6.61 Å². The summed E-state index contributed by atoms with van der Waals surface area (Å²) >= 11 is 0. The first-order valence-electron chi connectivity index (χ1n) is 7.65. The zero-order valence-corrected chi connectivity index (χ0v) is 14.8. The summed E-state index contributed by atoms with van der Waals surface area (Å²) < 4.78 is 5.60. The Bertz CT molecular complexity index is 580. The average molecular weight is 320 g/mol. The molecule has 0 spiro atoms. The lowest BCUT2D eigenvalue weighted by Gasteiger charge is -2.27. The second-order valence-corrected chi connectivity index (χ2v) is 7.65. The van der Waals surface area contributed by atoms with E-state index in [9.17, 15) is 14.7 Å². The molecule has 0 saturated heterocycles. The molecule has 1 rings (SSSR count). The number of carboxylic acid groups (broad SMARTS) is 1. The van der Waals surface area contributed by atoms with Gasteiger partial charge >= 0.3 is 0 Å². The second kappa shape index (κ2) is 7.02. The zero-order valence-electron chi connectivity index (χ0n) is 14.8. The topological polar surface area (TPSA) is 78.5 Å². The summed E-state index contributed by atoms with van der Waals surface area (Å²) in [5.41, 5.74) is 2.08. The highest BCUT2D eigenvalue weighted by Gasteiger charge is 2.23. The van der Waals surface area contributed by atoms with Crippen LogP contribution in [0.25, 0.3) is 0 Å². The predicted molar refractivity (Wildman–Crippen MR) is 87.4 cm³/mol. The van der Waals surface area contributed by atoms with Crippen molar-refractivity contribution in [1.29, 1.82) is 0 Å². The maximum absolute atomic E-state index is 11.6. The minimum Gasteiger partial charge on any atom is -0.548 e. The van der Waals surface area contributed by atoms with E-state index in [2.05, 4.69) is 52.9 Å². The summed E-state index contributed by atoms with van der Waals surface area (Å²) in [5.74, 6) is -1.19. The van der Waals surface area contributed by atoms with Crippen LogP contribution < -0.4 is 15.2 Å². The van der Waals surface area contributed by atoms with E-state index in [-0.39, 0.29) is 17.4 Å². The molecule has 23 heavy (non-hydrogen) atoms. The van der Waals surface area contributed by atoms with Crippen molar-refractivity contribution in [3.63, 3.8) is 0 Å². The molecule has 128 valence electrons. The molecule has 0 aliphatic heterocycles. The molecular weight excluding hydrogens is 294 g/mol. The Morgan fingerprint density at radius 1 is 1.09 bits per heavy atom. The van der Waals surface area contributed by atoms with E-state index in [1.54, 1.807) is 0 Å². The smallest absolute Gasteiger partial charge is 0.258 e. The molecule has 0 heterocycles. The molecule has 0 fully saturated rings. The molecule has 1 N–H and O–H groups in total. The van der Waals surface area contributed by atoms with E-state index in [1.807, 2.05) is 12.1 Å². The van der Waals surface area contributed by atoms with E-state index >= 15 is 0 Å². The van der Waals surface area contributed by atoms with Gasteiger partial charge in [-0.05, 0) is 28.0 Å². The number of carboxylic acids is 1. The molecule has 5 nitrogen and oxygen atoms in total. The van der Waals surface area contributed by atoms with Crippen LogP contribution in [0.4, 0.5) is 0 Å². The molecule has 0 saturated carbocycles. The normalized spacial score (nSPS) is 11.9. The van der Waals surface area contributed by atoms with E-state index in [0.717, 1.165) is 5.56 Å². The van der Waals surface area contributed by atoms with Crippen LogP contribution in [0.3, 0.4) is 0 Å². The van der Waals surface area contributed by atoms with Gasteiger partial charge in [-0.1, -0.05) is 53.7 Å². The van der Waals surface area contributed by atoms with Gasteiger partial charge in [0.25, 0.3) is 5.91 Å². The minimum atomic E-state index is -1.33. The fourth-order valence-electron chi connectivity index (χ4n) is 2.07.